The lowest BCUT2D eigenvalue weighted by Gasteiger charge is -2.20. The maximum absolute atomic E-state index is 13.1. The molecule has 104 valence electrons. The zero-order chi connectivity index (χ0) is 14.7. The molecule has 0 radical (unpaired) electrons. The smallest absolute Gasteiger partial charge is 0.339 e. The second-order valence-electron chi connectivity index (χ2n) is 4.32. The van der Waals surface area contributed by atoms with Crippen LogP contribution >= 0.6 is 15.9 Å². The molecule has 0 fully saturated rings. The lowest BCUT2D eigenvalue weighted by atomic mass is 10.2. The molecule has 0 bridgehead atoms. The minimum absolute atomic E-state index is 0.150. The Morgan fingerprint density at radius 2 is 2.20 bits per heavy atom. The number of aromatic nitrogens is 1. The number of hydrogen-bond donors (Lipinski definition) is 1. The van der Waals surface area contributed by atoms with Gasteiger partial charge in [0.1, 0.15) is 17.2 Å². The zero-order valence-electron chi connectivity index (χ0n) is 10.7. The van der Waals surface area contributed by atoms with E-state index in [0.717, 1.165) is 22.3 Å². The van der Waals surface area contributed by atoms with Crippen LogP contribution in [0.1, 0.15) is 15.9 Å². The number of hydrogen-bond acceptors (Lipinski definition) is 3. The molecule has 0 saturated heterocycles. The molecule has 0 unspecified atom stereocenters. The fraction of sp³-hybridized carbons (Fsp3) is 0.143. The fourth-order valence-electron chi connectivity index (χ4n) is 1.88. The van der Waals surface area contributed by atoms with Gasteiger partial charge in [-0.3, -0.25) is 0 Å². The van der Waals surface area contributed by atoms with Crippen molar-refractivity contribution in [2.45, 2.75) is 6.54 Å². The van der Waals surface area contributed by atoms with Crippen molar-refractivity contribution in [2.24, 2.45) is 0 Å². The van der Waals surface area contributed by atoms with E-state index in [2.05, 4.69) is 20.9 Å². The van der Waals surface area contributed by atoms with Gasteiger partial charge in [0, 0.05) is 18.1 Å². The molecule has 4 nitrogen and oxygen atoms in total. The Morgan fingerprint density at radius 3 is 2.85 bits per heavy atom. The molecule has 20 heavy (non-hydrogen) atoms. The van der Waals surface area contributed by atoms with Crippen molar-refractivity contribution in [2.75, 3.05) is 11.9 Å². The van der Waals surface area contributed by atoms with Gasteiger partial charge >= 0.3 is 5.97 Å². The molecule has 1 aromatic carbocycles. The summed E-state index contributed by atoms with van der Waals surface area (Å²) >= 11 is 3.38. The van der Waals surface area contributed by atoms with Crippen LogP contribution in [0.15, 0.2) is 41.0 Å². The largest absolute Gasteiger partial charge is 0.478 e. The van der Waals surface area contributed by atoms with E-state index in [1.165, 1.54) is 0 Å². The molecule has 1 N–H and O–H groups in total. The molecule has 0 aliphatic carbocycles. The zero-order valence-corrected chi connectivity index (χ0v) is 12.3. The van der Waals surface area contributed by atoms with Crippen LogP contribution in [-0.2, 0) is 6.54 Å². The Bertz CT molecular complexity index is 649. The third kappa shape index (κ3) is 3.33. The van der Waals surface area contributed by atoms with Gasteiger partial charge in [-0.25, -0.2) is 14.2 Å². The Hall–Kier alpha value is -1.95. The average molecular weight is 339 g/mol. The lowest BCUT2D eigenvalue weighted by molar-refractivity contribution is 0.0696. The highest BCUT2D eigenvalue weighted by atomic mass is 79.9. The van der Waals surface area contributed by atoms with Crippen LogP contribution in [0.4, 0.5) is 10.2 Å². The minimum atomic E-state index is -1.20. The van der Waals surface area contributed by atoms with Crippen molar-refractivity contribution in [3.05, 3.63) is 57.9 Å². The third-order valence-corrected chi connectivity index (χ3v) is 3.23. The molecule has 2 aromatic rings. The minimum Gasteiger partial charge on any atom is -0.478 e. The highest BCUT2D eigenvalue weighted by molar-refractivity contribution is 9.10. The molecule has 0 aliphatic heterocycles. The third-order valence-electron chi connectivity index (χ3n) is 2.73. The highest BCUT2D eigenvalue weighted by Gasteiger charge is 2.16. The van der Waals surface area contributed by atoms with Gasteiger partial charge in [0.2, 0.25) is 0 Å². The number of carboxylic acid groups (broad SMARTS) is 1. The van der Waals surface area contributed by atoms with Crippen LogP contribution in [0, 0.1) is 5.82 Å². The molecule has 0 aliphatic rings. The maximum Gasteiger partial charge on any atom is 0.339 e. The van der Waals surface area contributed by atoms with E-state index >= 15 is 0 Å². The van der Waals surface area contributed by atoms with E-state index in [1.54, 1.807) is 11.9 Å². The summed E-state index contributed by atoms with van der Waals surface area (Å²) in [4.78, 5) is 16.7. The number of pyridine rings is 1. The number of halogens is 2. The summed E-state index contributed by atoms with van der Waals surface area (Å²) in [5.74, 6) is -1.63. The average Bonchev–Trinajstić information content (AvgIpc) is 2.38. The first kappa shape index (κ1) is 14.5. The van der Waals surface area contributed by atoms with Crippen LogP contribution < -0.4 is 4.90 Å². The van der Waals surface area contributed by atoms with Crippen molar-refractivity contribution in [1.82, 2.24) is 4.98 Å². The van der Waals surface area contributed by atoms with Crippen molar-refractivity contribution in [3.8, 4) is 0 Å². The Balaban J connectivity index is 2.29. The van der Waals surface area contributed by atoms with E-state index in [1.807, 2.05) is 24.3 Å². The van der Waals surface area contributed by atoms with E-state index in [0.29, 0.717) is 6.54 Å². The molecule has 0 atom stereocenters. The van der Waals surface area contributed by atoms with Crippen LogP contribution in [0.5, 0.6) is 0 Å². The summed E-state index contributed by atoms with van der Waals surface area (Å²) in [7, 11) is 1.72. The molecule has 0 spiro atoms. The SMILES string of the molecule is CN(Cc1cccc(Br)c1)c1ncc(F)cc1C(=O)O. The van der Waals surface area contributed by atoms with Gasteiger partial charge in [-0.2, -0.15) is 0 Å². The fourth-order valence-corrected chi connectivity index (χ4v) is 2.32. The van der Waals surface area contributed by atoms with Crippen molar-refractivity contribution in [3.63, 3.8) is 0 Å². The Labute approximate surface area is 124 Å². The first-order valence-electron chi connectivity index (χ1n) is 5.82. The maximum atomic E-state index is 13.1. The van der Waals surface area contributed by atoms with Gasteiger partial charge in [-0.05, 0) is 23.8 Å². The molecular weight excluding hydrogens is 327 g/mol. The first-order valence-corrected chi connectivity index (χ1v) is 6.61. The van der Waals surface area contributed by atoms with E-state index in [4.69, 9.17) is 5.11 Å². The van der Waals surface area contributed by atoms with Gasteiger partial charge in [0.25, 0.3) is 0 Å². The second kappa shape index (κ2) is 6.00. The summed E-state index contributed by atoms with van der Waals surface area (Å²) in [5, 5.41) is 9.11. The molecule has 1 heterocycles. The molecule has 2 rings (SSSR count). The molecular formula is C14H12BrFN2O2. The number of nitrogens with zero attached hydrogens (tertiary/aromatic N) is 2. The number of carboxylic acids is 1. The molecule has 6 heteroatoms. The summed E-state index contributed by atoms with van der Waals surface area (Å²) in [5.41, 5.74) is 0.840. The van der Waals surface area contributed by atoms with E-state index in [-0.39, 0.29) is 11.4 Å². The van der Waals surface area contributed by atoms with Gasteiger partial charge in [-0.1, -0.05) is 28.1 Å². The molecule has 0 saturated carbocycles. The Kier molecular flexibility index (Phi) is 4.34. The molecule has 1 aromatic heterocycles. The topological polar surface area (TPSA) is 53.4 Å². The first-order chi connectivity index (χ1) is 9.47. The number of rotatable bonds is 4. The predicted octanol–water partition coefficient (Wildman–Crippen LogP) is 3.32. The summed E-state index contributed by atoms with van der Waals surface area (Å²) in [6.45, 7) is 0.471. The number of benzene rings is 1. The Morgan fingerprint density at radius 1 is 1.45 bits per heavy atom. The van der Waals surface area contributed by atoms with Gasteiger partial charge in [0.15, 0.2) is 0 Å². The number of carbonyl (C=O) groups is 1. The summed E-state index contributed by atoms with van der Waals surface area (Å²) < 4.78 is 14.0. The van der Waals surface area contributed by atoms with Crippen LogP contribution in [0.2, 0.25) is 0 Å². The van der Waals surface area contributed by atoms with Crippen molar-refractivity contribution in [1.29, 1.82) is 0 Å². The van der Waals surface area contributed by atoms with Gasteiger partial charge in [0.05, 0.1) is 6.20 Å². The van der Waals surface area contributed by atoms with Crippen molar-refractivity contribution >= 4 is 27.7 Å². The number of anilines is 1. The second-order valence-corrected chi connectivity index (χ2v) is 5.23. The lowest BCUT2D eigenvalue weighted by Crippen LogP contribution is -2.21. The summed E-state index contributed by atoms with van der Waals surface area (Å²) in [6, 6.07) is 8.62. The van der Waals surface area contributed by atoms with Crippen LogP contribution in [0.3, 0.4) is 0 Å². The highest BCUT2D eigenvalue weighted by Crippen LogP contribution is 2.20. The number of aromatic carboxylic acids is 1. The predicted molar refractivity (Wildman–Crippen MR) is 77.4 cm³/mol. The van der Waals surface area contributed by atoms with Gasteiger partial charge in [-0.15, -0.1) is 0 Å². The monoisotopic (exact) mass is 338 g/mol. The standard InChI is InChI=1S/C14H12BrFN2O2/c1-18(8-9-3-2-4-10(15)5-9)13-12(14(19)20)6-11(16)7-17-13/h2-7H,8H2,1H3,(H,19,20). The quantitative estimate of drug-likeness (QED) is 0.929. The summed E-state index contributed by atoms with van der Waals surface area (Å²) in [6.07, 6.45) is 1.01. The molecule has 0 amide bonds. The van der Waals surface area contributed by atoms with E-state index in [9.17, 15) is 9.18 Å². The van der Waals surface area contributed by atoms with Crippen molar-refractivity contribution < 1.29 is 14.3 Å². The normalized spacial score (nSPS) is 10.3. The van der Waals surface area contributed by atoms with E-state index < -0.39 is 11.8 Å². The van der Waals surface area contributed by atoms with Crippen LogP contribution in [-0.4, -0.2) is 23.1 Å². The van der Waals surface area contributed by atoms with Gasteiger partial charge < -0.3 is 10.0 Å². The van der Waals surface area contributed by atoms with Crippen LogP contribution in [0.25, 0.3) is 0 Å².